The van der Waals surface area contributed by atoms with E-state index in [1.54, 1.807) is 0 Å². The van der Waals surface area contributed by atoms with Crippen LogP contribution in [-0.2, 0) is 11.2 Å². The van der Waals surface area contributed by atoms with Crippen molar-refractivity contribution in [3.05, 3.63) is 78.1 Å². The number of aryl methyl sites for hydroxylation is 1. The van der Waals surface area contributed by atoms with E-state index in [0.29, 0.717) is 5.56 Å². The van der Waals surface area contributed by atoms with Gasteiger partial charge in [-0.2, -0.15) is 0 Å². The third-order valence-corrected chi connectivity index (χ3v) is 5.66. The van der Waals surface area contributed by atoms with Crippen molar-refractivity contribution in [2.24, 2.45) is 5.92 Å². The molecular formula is C24H23N3O2. The maximum atomic E-state index is 12.8. The van der Waals surface area contributed by atoms with Gasteiger partial charge >= 0.3 is 0 Å². The Kier molecular flexibility index (Phi) is 4.43. The molecule has 5 nitrogen and oxygen atoms in total. The molecule has 2 aromatic carbocycles. The number of amides is 2. The predicted octanol–water partition coefficient (Wildman–Crippen LogP) is 4.42. The summed E-state index contributed by atoms with van der Waals surface area (Å²) in [6.07, 6.45) is 7.82. The van der Waals surface area contributed by atoms with Gasteiger partial charge in [-0.15, -0.1) is 0 Å². The van der Waals surface area contributed by atoms with Crippen molar-refractivity contribution in [2.75, 3.05) is 16.8 Å². The van der Waals surface area contributed by atoms with Crippen molar-refractivity contribution in [1.29, 1.82) is 0 Å². The van der Waals surface area contributed by atoms with Crippen LogP contribution in [-0.4, -0.2) is 22.9 Å². The number of hydrogen-bond acceptors (Lipinski definition) is 2. The molecule has 2 aliphatic rings. The number of nitrogens with one attached hydrogen (secondary N) is 1. The van der Waals surface area contributed by atoms with Gasteiger partial charge in [-0.25, -0.2) is 0 Å². The molecule has 0 saturated heterocycles. The summed E-state index contributed by atoms with van der Waals surface area (Å²) in [7, 11) is 0. The Hall–Kier alpha value is -3.34. The summed E-state index contributed by atoms with van der Waals surface area (Å²) in [5, 5.41) is 3.01. The number of fused-ring (bicyclic) bond motifs is 1. The fourth-order valence-corrected chi connectivity index (χ4v) is 3.97. The van der Waals surface area contributed by atoms with E-state index in [1.165, 1.54) is 0 Å². The normalized spacial score (nSPS) is 15.7. The summed E-state index contributed by atoms with van der Waals surface area (Å²) in [6.45, 7) is 0.792. The minimum absolute atomic E-state index is 0.138. The van der Waals surface area contributed by atoms with Crippen molar-refractivity contribution in [2.45, 2.75) is 25.7 Å². The second kappa shape index (κ2) is 7.24. The van der Waals surface area contributed by atoms with Crippen LogP contribution in [0.4, 0.5) is 11.4 Å². The van der Waals surface area contributed by atoms with Gasteiger partial charge in [0, 0.05) is 47.5 Å². The Balaban J connectivity index is 1.35. The van der Waals surface area contributed by atoms with Crippen molar-refractivity contribution >= 4 is 23.2 Å². The van der Waals surface area contributed by atoms with Gasteiger partial charge in [0.05, 0.1) is 0 Å². The van der Waals surface area contributed by atoms with Crippen LogP contribution in [0.1, 0.15) is 35.2 Å². The fourth-order valence-electron chi connectivity index (χ4n) is 3.97. The average molecular weight is 385 g/mol. The van der Waals surface area contributed by atoms with E-state index in [1.807, 2.05) is 76.5 Å². The summed E-state index contributed by atoms with van der Waals surface area (Å²) in [5.41, 5.74) is 4.45. The van der Waals surface area contributed by atoms with Crippen molar-refractivity contribution in [3.63, 3.8) is 0 Å². The highest BCUT2D eigenvalue weighted by Gasteiger charge is 2.35. The topological polar surface area (TPSA) is 54.3 Å². The van der Waals surface area contributed by atoms with Crippen LogP contribution in [0, 0.1) is 5.92 Å². The molecule has 0 spiro atoms. The highest BCUT2D eigenvalue weighted by atomic mass is 16.2. The summed E-state index contributed by atoms with van der Waals surface area (Å²) in [5.74, 6) is 0.332. The molecule has 5 heteroatoms. The lowest BCUT2D eigenvalue weighted by molar-refractivity contribution is -0.119. The second-order valence-corrected chi connectivity index (χ2v) is 7.81. The van der Waals surface area contributed by atoms with E-state index in [0.717, 1.165) is 54.9 Å². The van der Waals surface area contributed by atoms with Crippen LogP contribution < -0.4 is 10.2 Å². The first-order chi connectivity index (χ1) is 14.2. The van der Waals surface area contributed by atoms with Crippen LogP contribution in [0.5, 0.6) is 0 Å². The smallest absolute Gasteiger partial charge is 0.255 e. The third kappa shape index (κ3) is 3.56. The molecule has 0 radical (unpaired) electrons. The number of nitrogens with zero attached hydrogens (tertiary/aromatic N) is 2. The predicted molar refractivity (Wildman–Crippen MR) is 114 cm³/mol. The molecule has 1 aromatic heterocycles. The SMILES string of the molecule is O=C(Nc1ccc2c(c1)CCCN2C(=O)C1CC1)c1cccc(-n2cccc2)c1. The fraction of sp³-hybridized carbons (Fsp3) is 0.250. The molecule has 1 aliphatic heterocycles. The number of aromatic nitrogens is 1. The quantitative estimate of drug-likeness (QED) is 0.723. The van der Waals surface area contributed by atoms with Gasteiger partial charge in [0.15, 0.2) is 0 Å². The monoisotopic (exact) mass is 385 g/mol. The number of rotatable bonds is 4. The molecule has 1 fully saturated rings. The number of carbonyl (C=O) groups excluding carboxylic acids is 2. The molecule has 0 unspecified atom stereocenters. The second-order valence-electron chi connectivity index (χ2n) is 7.81. The first-order valence-electron chi connectivity index (χ1n) is 10.2. The molecule has 0 bridgehead atoms. The Labute approximate surface area is 170 Å². The Morgan fingerprint density at radius 3 is 2.59 bits per heavy atom. The lowest BCUT2D eigenvalue weighted by Crippen LogP contribution is -2.36. The maximum absolute atomic E-state index is 12.8. The molecule has 2 heterocycles. The maximum Gasteiger partial charge on any atom is 0.255 e. The molecule has 3 aromatic rings. The molecule has 1 saturated carbocycles. The Morgan fingerprint density at radius 1 is 0.966 bits per heavy atom. The van der Waals surface area contributed by atoms with E-state index in [4.69, 9.17) is 0 Å². The molecule has 2 amide bonds. The molecule has 1 N–H and O–H groups in total. The van der Waals surface area contributed by atoms with Crippen LogP contribution in [0.2, 0.25) is 0 Å². The molecule has 29 heavy (non-hydrogen) atoms. The molecular weight excluding hydrogens is 362 g/mol. The van der Waals surface area contributed by atoms with Crippen LogP contribution in [0.15, 0.2) is 67.0 Å². The lowest BCUT2D eigenvalue weighted by Gasteiger charge is -2.30. The van der Waals surface area contributed by atoms with Crippen molar-refractivity contribution in [1.82, 2.24) is 4.57 Å². The molecule has 146 valence electrons. The number of benzene rings is 2. The first kappa shape index (κ1) is 17.7. The van der Waals surface area contributed by atoms with Crippen molar-refractivity contribution < 1.29 is 9.59 Å². The third-order valence-electron chi connectivity index (χ3n) is 5.66. The van der Waals surface area contributed by atoms with E-state index in [2.05, 4.69) is 5.32 Å². The van der Waals surface area contributed by atoms with Gasteiger partial charge in [-0.05, 0) is 79.8 Å². The van der Waals surface area contributed by atoms with Gasteiger partial charge < -0.3 is 14.8 Å². The van der Waals surface area contributed by atoms with E-state index >= 15 is 0 Å². The minimum Gasteiger partial charge on any atom is -0.324 e. The summed E-state index contributed by atoms with van der Waals surface area (Å²) in [4.78, 5) is 27.3. The molecule has 0 atom stereocenters. The summed E-state index contributed by atoms with van der Waals surface area (Å²) < 4.78 is 1.97. The average Bonchev–Trinajstić information content (AvgIpc) is 3.46. The largest absolute Gasteiger partial charge is 0.324 e. The van der Waals surface area contributed by atoms with Crippen LogP contribution >= 0.6 is 0 Å². The number of carbonyl (C=O) groups is 2. The minimum atomic E-state index is -0.138. The van der Waals surface area contributed by atoms with Gasteiger partial charge in [0.25, 0.3) is 5.91 Å². The van der Waals surface area contributed by atoms with Gasteiger partial charge in [-0.3, -0.25) is 9.59 Å². The zero-order valence-electron chi connectivity index (χ0n) is 16.2. The highest BCUT2D eigenvalue weighted by molar-refractivity contribution is 6.05. The zero-order chi connectivity index (χ0) is 19.8. The number of anilines is 2. The standard InChI is InChI=1S/C24H23N3O2/c28-23(19-5-3-7-21(16-19)26-12-1-2-13-26)25-20-10-11-22-18(15-20)6-4-14-27(22)24(29)17-8-9-17/h1-3,5,7,10-13,15-17H,4,6,8-9,14H2,(H,25,28). The summed E-state index contributed by atoms with van der Waals surface area (Å²) >= 11 is 0. The van der Waals surface area contributed by atoms with Crippen LogP contribution in [0.25, 0.3) is 5.69 Å². The van der Waals surface area contributed by atoms with E-state index in [9.17, 15) is 9.59 Å². The zero-order valence-corrected chi connectivity index (χ0v) is 16.2. The highest BCUT2D eigenvalue weighted by Crippen LogP contribution is 2.36. The van der Waals surface area contributed by atoms with Gasteiger partial charge in [-0.1, -0.05) is 6.07 Å². The van der Waals surface area contributed by atoms with Crippen LogP contribution in [0.3, 0.4) is 0 Å². The lowest BCUT2D eigenvalue weighted by atomic mass is 10.00. The van der Waals surface area contributed by atoms with Gasteiger partial charge in [0.1, 0.15) is 0 Å². The Morgan fingerprint density at radius 2 is 1.79 bits per heavy atom. The van der Waals surface area contributed by atoms with E-state index in [-0.39, 0.29) is 17.7 Å². The summed E-state index contributed by atoms with van der Waals surface area (Å²) in [6, 6.07) is 17.3. The molecule has 1 aliphatic carbocycles. The van der Waals surface area contributed by atoms with E-state index < -0.39 is 0 Å². The molecule has 5 rings (SSSR count). The number of hydrogen-bond donors (Lipinski definition) is 1. The van der Waals surface area contributed by atoms with Crippen molar-refractivity contribution in [3.8, 4) is 5.69 Å². The first-order valence-corrected chi connectivity index (χ1v) is 10.2. The Bertz CT molecular complexity index is 1070. The van der Waals surface area contributed by atoms with Gasteiger partial charge in [0.2, 0.25) is 5.91 Å².